The van der Waals surface area contributed by atoms with Crippen LogP contribution < -0.4 is 4.72 Å². The molecule has 118 valence electrons. The molecule has 0 aliphatic heterocycles. The predicted octanol–water partition coefficient (Wildman–Crippen LogP) is 3.84. The van der Waals surface area contributed by atoms with Gasteiger partial charge in [-0.15, -0.1) is 0 Å². The molecular weight excluding hydrogens is 334 g/mol. The lowest BCUT2D eigenvalue weighted by Gasteiger charge is -2.09. The van der Waals surface area contributed by atoms with Gasteiger partial charge in [0.2, 0.25) is 0 Å². The topological polar surface area (TPSA) is 74.8 Å². The summed E-state index contributed by atoms with van der Waals surface area (Å²) in [4.78, 5) is 7.40. The summed E-state index contributed by atoms with van der Waals surface area (Å²) >= 11 is 5.79. The number of sulfonamides is 1. The van der Waals surface area contributed by atoms with Gasteiger partial charge in [0.15, 0.2) is 0 Å². The van der Waals surface area contributed by atoms with Crippen LogP contribution in [0.5, 0.6) is 0 Å². The van der Waals surface area contributed by atoms with Gasteiger partial charge in [-0.3, -0.25) is 4.72 Å². The molecule has 23 heavy (non-hydrogen) atoms. The summed E-state index contributed by atoms with van der Waals surface area (Å²) in [6.45, 7) is 1.91. The first-order chi connectivity index (χ1) is 11.0. The van der Waals surface area contributed by atoms with Crippen LogP contribution in [0, 0.1) is 6.92 Å². The van der Waals surface area contributed by atoms with E-state index in [1.807, 2.05) is 13.0 Å². The van der Waals surface area contributed by atoms with Crippen LogP contribution in [0.15, 0.2) is 59.8 Å². The van der Waals surface area contributed by atoms with Gasteiger partial charge in [-0.2, -0.15) is 0 Å². The summed E-state index contributed by atoms with van der Waals surface area (Å²) < 4.78 is 27.4. The Morgan fingerprint density at radius 2 is 1.87 bits per heavy atom. The molecule has 7 heteroatoms. The molecule has 0 radical (unpaired) electrons. The second-order valence-corrected chi connectivity index (χ2v) is 7.14. The van der Waals surface area contributed by atoms with Crippen LogP contribution in [0.25, 0.3) is 11.3 Å². The maximum absolute atomic E-state index is 12.4. The highest BCUT2D eigenvalue weighted by molar-refractivity contribution is 7.92. The molecule has 1 heterocycles. The van der Waals surface area contributed by atoms with E-state index in [4.69, 9.17) is 11.6 Å². The number of nitrogens with one attached hydrogen (secondary N) is 2. The summed E-state index contributed by atoms with van der Waals surface area (Å²) in [5, 5.41) is 0.486. The number of benzene rings is 2. The van der Waals surface area contributed by atoms with Gasteiger partial charge < -0.3 is 4.98 Å². The van der Waals surface area contributed by atoms with Crippen molar-refractivity contribution < 1.29 is 8.42 Å². The fourth-order valence-electron chi connectivity index (χ4n) is 2.21. The zero-order chi connectivity index (χ0) is 16.4. The van der Waals surface area contributed by atoms with Gasteiger partial charge in [-0.25, -0.2) is 13.4 Å². The van der Waals surface area contributed by atoms with Crippen LogP contribution in [-0.4, -0.2) is 18.4 Å². The molecule has 0 saturated carbocycles. The fourth-order valence-corrected chi connectivity index (χ4v) is 3.38. The lowest BCUT2D eigenvalue weighted by molar-refractivity contribution is 0.601. The van der Waals surface area contributed by atoms with Crippen molar-refractivity contribution in [3.8, 4) is 11.3 Å². The summed E-state index contributed by atoms with van der Waals surface area (Å²) in [6.07, 6.45) is 1.61. The zero-order valence-corrected chi connectivity index (χ0v) is 13.8. The lowest BCUT2D eigenvalue weighted by atomic mass is 10.1. The Morgan fingerprint density at radius 1 is 1.13 bits per heavy atom. The van der Waals surface area contributed by atoms with Gasteiger partial charge >= 0.3 is 0 Å². The van der Waals surface area contributed by atoms with Crippen molar-refractivity contribution in [1.82, 2.24) is 9.97 Å². The number of anilines is 1. The molecule has 0 saturated heterocycles. The average molecular weight is 348 g/mol. The number of rotatable bonds is 4. The summed E-state index contributed by atoms with van der Waals surface area (Å²) in [7, 11) is -3.66. The Balaban J connectivity index is 1.91. The number of aromatic amines is 1. The Bertz CT molecular complexity index is 934. The summed E-state index contributed by atoms with van der Waals surface area (Å²) in [5.74, 6) is 0. The molecule has 0 atom stereocenters. The predicted molar refractivity (Wildman–Crippen MR) is 91.0 cm³/mol. The highest BCUT2D eigenvalue weighted by Gasteiger charge is 2.14. The molecule has 0 spiro atoms. The highest BCUT2D eigenvalue weighted by atomic mass is 35.5. The van der Waals surface area contributed by atoms with Crippen molar-refractivity contribution in [2.75, 3.05) is 4.72 Å². The van der Waals surface area contributed by atoms with Gasteiger partial charge in [0.1, 0.15) is 0 Å². The van der Waals surface area contributed by atoms with Crippen LogP contribution in [0.2, 0.25) is 5.02 Å². The maximum atomic E-state index is 12.4. The molecule has 2 aromatic carbocycles. The number of aromatic nitrogens is 2. The molecule has 3 aromatic rings. The third-order valence-electron chi connectivity index (χ3n) is 3.34. The number of aryl methyl sites for hydroxylation is 1. The van der Waals surface area contributed by atoms with E-state index in [0.29, 0.717) is 10.7 Å². The Kier molecular flexibility index (Phi) is 4.11. The largest absolute Gasteiger partial charge is 0.348 e. The molecule has 0 aliphatic carbocycles. The average Bonchev–Trinajstić information content (AvgIpc) is 2.94. The van der Waals surface area contributed by atoms with E-state index in [2.05, 4.69) is 14.7 Å². The Labute approximate surface area is 139 Å². The molecule has 0 amide bonds. The van der Waals surface area contributed by atoms with Crippen molar-refractivity contribution in [2.24, 2.45) is 0 Å². The second kappa shape index (κ2) is 6.06. The smallest absolute Gasteiger partial charge is 0.261 e. The van der Waals surface area contributed by atoms with Gasteiger partial charge in [-0.05, 0) is 43.3 Å². The summed E-state index contributed by atoms with van der Waals surface area (Å²) in [6, 6.07) is 13.1. The van der Waals surface area contributed by atoms with Crippen LogP contribution in [0.3, 0.4) is 0 Å². The second-order valence-electron chi connectivity index (χ2n) is 5.02. The molecular formula is C16H14ClN3O2S. The van der Waals surface area contributed by atoms with Crippen molar-refractivity contribution >= 4 is 27.3 Å². The maximum Gasteiger partial charge on any atom is 0.261 e. The van der Waals surface area contributed by atoms with Crippen LogP contribution in [-0.2, 0) is 10.0 Å². The standard InChI is InChI=1S/C16H14ClN3O2S/c1-11-16(19-10-18-11)12-3-2-4-14(9-12)20-23(21,22)15-7-5-13(17)6-8-15/h2-10,20H,1H3,(H,18,19). The third kappa shape index (κ3) is 3.38. The lowest BCUT2D eigenvalue weighted by Crippen LogP contribution is -2.12. The first-order valence-corrected chi connectivity index (χ1v) is 8.70. The first kappa shape index (κ1) is 15.6. The molecule has 5 nitrogen and oxygen atoms in total. The monoisotopic (exact) mass is 347 g/mol. The molecule has 0 unspecified atom stereocenters. The Morgan fingerprint density at radius 3 is 2.52 bits per heavy atom. The summed E-state index contributed by atoms with van der Waals surface area (Å²) in [5.41, 5.74) is 3.01. The molecule has 1 aromatic heterocycles. The molecule has 0 bridgehead atoms. The number of nitrogens with zero attached hydrogens (tertiary/aromatic N) is 1. The molecule has 0 aliphatic rings. The van der Waals surface area contributed by atoms with Gasteiger partial charge in [-0.1, -0.05) is 23.7 Å². The van der Waals surface area contributed by atoms with Gasteiger partial charge in [0, 0.05) is 22.0 Å². The zero-order valence-electron chi connectivity index (χ0n) is 12.2. The number of imidazole rings is 1. The van der Waals surface area contributed by atoms with Crippen LogP contribution in [0.1, 0.15) is 5.69 Å². The van der Waals surface area contributed by atoms with Crippen molar-refractivity contribution in [2.45, 2.75) is 11.8 Å². The number of hydrogen-bond acceptors (Lipinski definition) is 3. The number of halogens is 1. The van der Waals surface area contributed by atoms with E-state index in [-0.39, 0.29) is 4.90 Å². The molecule has 0 fully saturated rings. The minimum absolute atomic E-state index is 0.156. The van der Waals surface area contributed by atoms with Gasteiger partial charge in [0.25, 0.3) is 10.0 Å². The normalized spacial score (nSPS) is 11.4. The van der Waals surface area contributed by atoms with E-state index in [1.54, 1.807) is 36.7 Å². The first-order valence-electron chi connectivity index (χ1n) is 6.84. The van der Waals surface area contributed by atoms with Crippen LogP contribution in [0.4, 0.5) is 5.69 Å². The van der Waals surface area contributed by atoms with E-state index in [0.717, 1.165) is 17.0 Å². The van der Waals surface area contributed by atoms with Crippen LogP contribution >= 0.6 is 11.6 Å². The third-order valence-corrected chi connectivity index (χ3v) is 4.99. The molecule has 2 N–H and O–H groups in total. The number of hydrogen-bond donors (Lipinski definition) is 2. The van der Waals surface area contributed by atoms with Crippen molar-refractivity contribution in [3.63, 3.8) is 0 Å². The quantitative estimate of drug-likeness (QED) is 0.753. The minimum Gasteiger partial charge on any atom is -0.348 e. The number of H-pyrrole nitrogens is 1. The van der Waals surface area contributed by atoms with E-state index in [1.165, 1.54) is 12.1 Å². The van der Waals surface area contributed by atoms with E-state index in [9.17, 15) is 8.42 Å². The van der Waals surface area contributed by atoms with Crippen molar-refractivity contribution in [3.05, 3.63) is 65.6 Å². The highest BCUT2D eigenvalue weighted by Crippen LogP contribution is 2.25. The fraction of sp³-hybridized carbons (Fsp3) is 0.0625. The minimum atomic E-state index is -3.66. The van der Waals surface area contributed by atoms with Gasteiger partial charge in [0.05, 0.1) is 16.9 Å². The van der Waals surface area contributed by atoms with Crippen molar-refractivity contribution in [1.29, 1.82) is 0 Å². The van der Waals surface area contributed by atoms with E-state index < -0.39 is 10.0 Å². The Hall–Kier alpha value is -2.31. The van der Waals surface area contributed by atoms with E-state index >= 15 is 0 Å². The molecule has 3 rings (SSSR count). The SMILES string of the molecule is Cc1[nH]cnc1-c1cccc(NS(=O)(=O)c2ccc(Cl)cc2)c1.